The van der Waals surface area contributed by atoms with Crippen LogP contribution in [0.3, 0.4) is 0 Å². The first-order valence-corrected chi connectivity index (χ1v) is 8.75. The number of hydrogen-bond acceptors (Lipinski definition) is 2. The van der Waals surface area contributed by atoms with Crippen LogP contribution in [0.25, 0.3) is 0 Å². The van der Waals surface area contributed by atoms with E-state index < -0.39 is 0 Å². The molecule has 130 valence electrons. The number of rotatable bonds is 4. The zero-order chi connectivity index (χ0) is 18.0. The van der Waals surface area contributed by atoms with Gasteiger partial charge in [-0.3, -0.25) is 9.59 Å². The first-order chi connectivity index (χ1) is 12.0. The van der Waals surface area contributed by atoms with Crippen molar-refractivity contribution in [1.82, 2.24) is 4.90 Å². The quantitative estimate of drug-likeness (QED) is 0.892. The lowest BCUT2D eigenvalue weighted by Crippen LogP contribution is -2.30. The minimum atomic E-state index is -0.348. The molecule has 2 aromatic carbocycles. The van der Waals surface area contributed by atoms with Gasteiger partial charge in [-0.05, 0) is 37.1 Å². The van der Waals surface area contributed by atoms with Crippen LogP contribution in [0.15, 0.2) is 48.5 Å². The van der Waals surface area contributed by atoms with Gasteiger partial charge < -0.3 is 10.2 Å². The van der Waals surface area contributed by atoms with Crippen molar-refractivity contribution in [2.45, 2.75) is 26.3 Å². The highest BCUT2D eigenvalue weighted by Crippen LogP contribution is 2.29. The Bertz CT molecular complexity index is 792. The highest BCUT2D eigenvalue weighted by molar-refractivity contribution is 6.31. The van der Waals surface area contributed by atoms with E-state index in [1.165, 1.54) is 0 Å². The fraction of sp³-hybridized carbons (Fsp3) is 0.300. The number of carbonyl (C=O) groups excluding carboxylic acids is 2. The molecule has 0 radical (unpaired) electrons. The summed E-state index contributed by atoms with van der Waals surface area (Å²) < 4.78 is 0. The summed E-state index contributed by atoms with van der Waals surface area (Å²) in [5.74, 6) is -0.479. The van der Waals surface area contributed by atoms with Crippen LogP contribution < -0.4 is 5.32 Å². The molecule has 0 spiro atoms. The fourth-order valence-corrected chi connectivity index (χ4v) is 3.29. The van der Waals surface area contributed by atoms with Crippen molar-refractivity contribution in [3.8, 4) is 0 Å². The van der Waals surface area contributed by atoms with Crippen molar-refractivity contribution in [2.75, 3.05) is 11.9 Å². The van der Waals surface area contributed by atoms with Gasteiger partial charge in [0.2, 0.25) is 11.8 Å². The number of anilines is 1. The highest BCUT2D eigenvalue weighted by Gasteiger charge is 2.37. The third-order valence-electron chi connectivity index (χ3n) is 4.72. The standard InChI is InChI=1S/C20H21ClN2O2/c1-13-8-9-17(11-18(13)21)22-20(25)16-10-19(24)23(12-16)14(2)15-6-4-3-5-7-15/h3-9,11,14,16H,10,12H2,1-2H3,(H,22,25)/t14-,16+/m1/s1. The largest absolute Gasteiger partial charge is 0.335 e. The van der Waals surface area contributed by atoms with E-state index in [1.807, 2.05) is 56.3 Å². The lowest BCUT2D eigenvalue weighted by Gasteiger charge is -2.25. The molecule has 5 heteroatoms. The van der Waals surface area contributed by atoms with E-state index in [0.717, 1.165) is 11.1 Å². The van der Waals surface area contributed by atoms with E-state index in [2.05, 4.69) is 5.32 Å². The second-order valence-electron chi connectivity index (χ2n) is 6.49. The van der Waals surface area contributed by atoms with Gasteiger partial charge in [-0.1, -0.05) is 48.0 Å². The summed E-state index contributed by atoms with van der Waals surface area (Å²) in [5, 5.41) is 3.48. The smallest absolute Gasteiger partial charge is 0.229 e. The van der Waals surface area contributed by atoms with Crippen LogP contribution in [-0.2, 0) is 9.59 Å². The Balaban J connectivity index is 1.67. The molecule has 4 nitrogen and oxygen atoms in total. The van der Waals surface area contributed by atoms with Crippen LogP contribution in [0.2, 0.25) is 5.02 Å². The molecule has 2 atom stereocenters. The van der Waals surface area contributed by atoms with Crippen molar-refractivity contribution in [2.24, 2.45) is 5.92 Å². The molecule has 0 unspecified atom stereocenters. The first kappa shape index (κ1) is 17.5. The molecule has 2 amide bonds. The number of amides is 2. The molecule has 1 fully saturated rings. The number of nitrogens with zero attached hydrogens (tertiary/aromatic N) is 1. The summed E-state index contributed by atoms with van der Waals surface area (Å²) in [5.41, 5.74) is 2.68. The van der Waals surface area contributed by atoms with E-state index in [9.17, 15) is 9.59 Å². The van der Waals surface area contributed by atoms with E-state index >= 15 is 0 Å². The number of likely N-dealkylation sites (tertiary alicyclic amines) is 1. The molecular weight excluding hydrogens is 336 g/mol. The van der Waals surface area contributed by atoms with E-state index in [-0.39, 0.29) is 30.2 Å². The summed E-state index contributed by atoms with van der Waals surface area (Å²) in [6.45, 7) is 4.33. The molecule has 0 saturated carbocycles. The van der Waals surface area contributed by atoms with Crippen LogP contribution in [0, 0.1) is 12.8 Å². The van der Waals surface area contributed by atoms with Gasteiger partial charge in [-0.2, -0.15) is 0 Å². The predicted molar refractivity (Wildman–Crippen MR) is 99.5 cm³/mol. The zero-order valence-corrected chi connectivity index (χ0v) is 15.1. The van der Waals surface area contributed by atoms with Crippen LogP contribution >= 0.6 is 11.6 Å². The maximum atomic E-state index is 12.5. The van der Waals surface area contributed by atoms with Gasteiger partial charge in [0.05, 0.1) is 12.0 Å². The molecule has 0 aromatic heterocycles. The molecule has 1 aliphatic rings. The Kier molecular flexibility index (Phi) is 5.09. The lowest BCUT2D eigenvalue weighted by atomic mass is 10.1. The van der Waals surface area contributed by atoms with E-state index in [1.54, 1.807) is 11.0 Å². The maximum Gasteiger partial charge on any atom is 0.229 e. The molecule has 25 heavy (non-hydrogen) atoms. The SMILES string of the molecule is Cc1ccc(NC(=O)[C@H]2CC(=O)N([C@H](C)c3ccccc3)C2)cc1Cl. The summed E-state index contributed by atoms with van der Waals surface area (Å²) in [6, 6.07) is 15.2. The van der Waals surface area contributed by atoms with Gasteiger partial charge in [-0.15, -0.1) is 0 Å². The van der Waals surface area contributed by atoms with Gasteiger partial charge in [0, 0.05) is 23.7 Å². The number of hydrogen-bond donors (Lipinski definition) is 1. The average Bonchev–Trinajstić information content (AvgIpc) is 3.00. The van der Waals surface area contributed by atoms with Gasteiger partial charge in [0.15, 0.2) is 0 Å². The Labute approximate surface area is 152 Å². The van der Waals surface area contributed by atoms with Crippen molar-refractivity contribution in [3.05, 3.63) is 64.7 Å². The molecule has 0 aliphatic carbocycles. The molecule has 1 N–H and O–H groups in total. The number of aryl methyl sites for hydroxylation is 1. The maximum absolute atomic E-state index is 12.5. The van der Waals surface area contributed by atoms with E-state index in [0.29, 0.717) is 17.3 Å². The van der Waals surface area contributed by atoms with Crippen LogP contribution in [0.5, 0.6) is 0 Å². The molecule has 3 rings (SSSR count). The minimum absolute atomic E-state index is 0.0124. The monoisotopic (exact) mass is 356 g/mol. The summed E-state index contributed by atoms with van der Waals surface area (Å²) in [6.07, 6.45) is 0.239. The normalized spacial score (nSPS) is 18.3. The average molecular weight is 357 g/mol. The predicted octanol–water partition coefficient (Wildman–Crippen LogP) is 4.20. The Hall–Kier alpha value is -2.33. The Morgan fingerprint density at radius 2 is 1.96 bits per heavy atom. The van der Waals surface area contributed by atoms with Crippen molar-refractivity contribution in [1.29, 1.82) is 0 Å². The van der Waals surface area contributed by atoms with Crippen LogP contribution in [-0.4, -0.2) is 23.3 Å². The summed E-state index contributed by atoms with van der Waals surface area (Å²) in [7, 11) is 0. The summed E-state index contributed by atoms with van der Waals surface area (Å²) in [4.78, 5) is 26.7. The van der Waals surface area contributed by atoms with Gasteiger partial charge in [0.25, 0.3) is 0 Å². The third kappa shape index (κ3) is 3.85. The Morgan fingerprint density at radius 1 is 1.24 bits per heavy atom. The number of halogens is 1. The van der Waals surface area contributed by atoms with Gasteiger partial charge >= 0.3 is 0 Å². The number of carbonyl (C=O) groups is 2. The molecule has 1 aliphatic heterocycles. The van der Waals surface area contributed by atoms with Crippen LogP contribution in [0.4, 0.5) is 5.69 Å². The first-order valence-electron chi connectivity index (χ1n) is 8.37. The number of benzene rings is 2. The fourth-order valence-electron chi connectivity index (χ4n) is 3.11. The summed E-state index contributed by atoms with van der Waals surface area (Å²) >= 11 is 6.10. The van der Waals surface area contributed by atoms with E-state index in [4.69, 9.17) is 11.6 Å². The Morgan fingerprint density at radius 3 is 2.64 bits per heavy atom. The van der Waals surface area contributed by atoms with Crippen molar-refractivity contribution >= 4 is 29.1 Å². The molecule has 1 saturated heterocycles. The lowest BCUT2D eigenvalue weighted by molar-refractivity contribution is -0.129. The van der Waals surface area contributed by atoms with Crippen molar-refractivity contribution in [3.63, 3.8) is 0 Å². The van der Waals surface area contributed by atoms with Crippen molar-refractivity contribution < 1.29 is 9.59 Å². The van der Waals surface area contributed by atoms with Crippen LogP contribution in [0.1, 0.15) is 30.5 Å². The minimum Gasteiger partial charge on any atom is -0.335 e. The van der Waals surface area contributed by atoms with Gasteiger partial charge in [0.1, 0.15) is 0 Å². The molecular formula is C20H21ClN2O2. The second-order valence-corrected chi connectivity index (χ2v) is 6.89. The highest BCUT2D eigenvalue weighted by atomic mass is 35.5. The zero-order valence-electron chi connectivity index (χ0n) is 14.3. The topological polar surface area (TPSA) is 49.4 Å². The van der Waals surface area contributed by atoms with Gasteiger partial charge in [-0.25, -0.2) is 0 Å². The molecule has 1 heterocycles. The molecule has 0 bridgehead atoms. The second kappa shape index (κ2) is 7.28. The molecule has 2 aromatic rings. The third-order valence-corrected chi connectivity index (χ3v) is 5.13. The number of nitrogens with one attached hydrogen (secondary N) is 1.